The molecule has 0 spiro atoms. The number of anilines is 1. The van der Waals surface area contributed by atoms with E-state index in [1.807, 2.05) is 23.7 Å². The maximum Gasteiger partial charge on any atom is 0.341 e. The van der Waals surface area contributed by atoms with Crippen LogP contribution in [0.1, 0.15) is 66.9 Å². The second-order valence-corrected chi connectivity index (χ2v) is 9.62. The van der Waals surface area contributed by atoms with Gasteiger partial charge in [-0.3, -0.25) is 4.79 Å². The largest absolute Gasteiger partial charge is 0.477 e. The summed E-state index contributed by atoms with van der Waals surface area (Å²) in [5.41, 5.74) is 2.76. The van der Waals surface area contributed by atoms with E-state index in [4.69, 9.17) is 5.26 Å². The van der Waals surface area contributed by atoms with Gasteiger partial charge in [-0.15, -0.1) is 0 Å². The number of pyridine rings is 1. The molecule has 176 valence electrons. The van der Waals surface area contributed by atoms with E-state index in [1.165, 1.54) is 24.9 Å². The highest BCUT2D eigenvalue weighted by Crippen LogP contribution is 2.44. The molecule has 0 bridgehead atoms. The number of nitriles is 1. The topological polar surface area (TPSA) is 98.4 Å². The van der Waals surface area contributed by atoms with Gasteiger partial charge in [0.25, 0.3) is 0 Å². The Kier molecular flexibility index (Phi) is 7.04. The maximum atomic E-state index is 12.7. The molecule has 7 heteroatoms. The van der Waals surface area contributed by atoms with Crippen molar-refractivity contribution >= 4 is 22.6 Å². The first-order valence-electron chi connectivity index (χ1n) is 12.1. The molecule has 2 aliphatic carbocycles. The lowest BCUT2D eigenvalue weighted by molar-refractivity contribution is 0.0695. The summed E-state index contributed by atoms with van der Waals surface area (Å²) in [6.07, 6.45) is 9.33. The van der Waals surface area contributed by atoms with Gasteiger partial charge in [0.05, 0.1) is 11.6 Å². The van der Waals surface area contributed by atoms with Crippen LogP contribution in [0.3, 0.4) is 0 Å². The summed E-state index contributed by atoms with van der Waals surface area (Å²) in [6.45, 7) is 5.22. The van der Waals surface area contributed by atoms with Gasteiger partial charge in [0, 0.05) is 42.8 Å². The standard InChI is InChI=1S/C21H24N2O3.C5H10N2/c1-12-18(22-9-8-14(10-22)13-2-3-13)7-6-16-19(12)23(15-4-5-15)11-17(20(16)24)21(25)26;1-7-5-3-2-4-6/h6-7,11,13-15H,2-5,8-10H2,1H3,(H,25,26);7H,2-3,5H2,1H3. The number of aryl methyl sites for hydroxylation is 1. The van der Waals surface area contributed by atoms with E-state index in [2.05, 4.69) is 23.2 Å². The second kappa shape index (κ2) is 9.96. The molecule has 0 radical (unpaired) electrons. The van der Waals surface area contributed by atoms with Gasteiger partial charge in [0.15, 0.2) is 0 Å². The monoisotopic (exact) mass is 450 g/mol. The number of carbonyl (C=O) groups is 1. The Morgan fingerprint density at radius 2 is 1.97 bits per heavy atom. The lowest BCUT2D eigenvalue weighted by atomic mass is 10.0. The Balaban J connectivity index is 0.000000325. The van der Waals surface area contributed by atoms with Gasteiger partial charge in [0.2, 0.25) is 5.43 Å². The number of hydrogen-bond acceptors (Lipinski definition) is 5. The highest BCUT2D eigenvalue weighted by Gasteiger charge is 2.36. The quantitative estimate of drug-likeness (QED) is 0.617. The Morgan fingerprint density at radius 1 is 1.21 bits per heavy atom. The number of unbranched alkanes of at least 4 members (excludes halogenated alkanes) is 1. The van der Waals surface area contributed by atoms with Crippen LogP contribution in [-0.4, -0.2) is 42.3 Å². The van der Waals surface area contributed by atoms with E-state index >= 15 is 0 Å². The normalized spacial score (nSPS) is 19.8. The van der Waals surface area contributed by atoms with Gasteiger partial charge in [0.1, 0.15) is 5.56 Å². The van der Waals surface area contributed by atoms with Crippen LogP contribution in [0, 0.1) is 30.1 Å². The number of aromatic carboxylic acids is 1. The average molecular weight is 451 g/mol. The minimum Gasteiger partial charge on any atom is -0.477 e. The van der Waals surface area contributed by atoms with Crippen molar-refractivity contribution in [3.05, 3.63) is 39.7 Å². The molecule has 1 aromatic heterocycles. The lowest BCUT2D eigenvalue weighted by Crippen LogP contribution is -2.23. The van der Waals surface area contributed by atoms with Gasteiger partial charge in [-0.05, 0) is 88.6 Å². The molecule has 2 heterocycles. The third-order valence-corrected chi connectivity index (χ3v) is 7.16. The lowest BCUT2D eigenvalue weighted by Gasteiger charge is -2.24. The summed E-state index contributed by atoms with van der Waals surface area (Å²) in [7, 11) is 1.89. The van der Waals surface area contributed by atoms with Crippen molar-refractivity contribution in [3.63, 3.8) is 0 Å². The molecule has 7 nitrogen and oxygen atoms in total. The third kappa shape index (κ3) is 5.06. The zero-order valence-electron chi connectivity index (χ0n) is 19.6. The summed E-state index contributed by atoms with van der Waals surface area (Å²) in [5.74, 6) is 0.591. The molecule has 2 saturated carbocycles. The molecule has 5 rings (SSSR count). The number of nitrogens with zero attached hydrogens (tertiary/aromatic N) is 3. The summed E-state index contributed by atoms with van der Waals surface area (Å²) in [4.78, 5) is 26.7. The van der Waals surface area contributed by atoms with Crippen LogP contribution in [0.25, 0.3) is 10.9 Å². The van der Waals surface area contributed by atoms with Crippen LogP contribution in [0.5, 0.6) is 0 Å². The summed E-state index contributed by atoms with van der Waals surface area (Å²) in [6, 6.07) is 6.25. The molecule has 2 aromatic rings. The van der Waals surface area contributed by atoms with Gasteiger partial charge < -0.3 is 19.9 Å². The smallest absolute Gasteiger partial charge is 0.341 e. The van der Waals surface area contributed by atoms with E-state index in [1.54, 1.807) is 6.20 Å². The molecule has 3 aliphatic rings. The first-order valence-corrected chi connectivity index (χ1v) is 12.1. The minimum absolute atomic E-state index is 0.119. The molecule has 1 aromatic carbocycles. The number of aromatic nitrogens is 1. The first-order chi connectivity index (χ1) is 16.0. The number of benzene rings is 1. The Bertz CT molecular complexity index is 1130. The number of carboxylic acid groups (broad SMARTS) is 1. The maximum absolute atomic E-state index is 12.7. The molecule has 1 unspecified atom stereocenters. The van der Waals surface area contributed by atoms with Crippen LogP contribution >= 0.6 is 0 Å². The molecule has 3 fully saturated rings. The number of nitrogens with one attached hydrogen (secondary N) is 1. The van der Waals surface area contributed by atoms with Crippen molar-refractivity contribution in [2.75, 3.05) is 31.6 Å². The SMILES string of the molecule is CNCCCC#N.Cc1c(N2CCC(C3CC3)C2)ccc2c(=O)c(C(=O)O)cn(C3CC3)c12. The molecular formula is C26H34N4O3. The molecule has 1 atom stereocenters. The van der Waals surface area contributed by atoms with Crippen molar-refractivity contribution in [1.82, 2.24) is 9.88 Å². The van der Waals surface area contributed by atoms with Crippen molar-refractivity contribution < 1.29 is 9.90 Å². The molecule has 1 saturated heterocycles. The van der Waals surface area contributed by atoms with Gasteiger partial charge in [-0.2, -0.15) is 5.26 Å². The van der Waals surface area contributed by atoms with Gasteiger partial charge in [-0.1, -0.05) is 0 Å². The predicted octanol–water partition coefficient (Wildman–Crippen LogP) is 4.09. The highest BCUT2D eigenvalue weighted by molar-refractivity contribution is 5.95. The fourth-order valence-corrected chi connectivity index (χ4v) is 5.05. The van der Waals surface area contributed by atoms with Crippen LogP contribution < -0.4 is 15.6 Å². The van der Waals surface area contributed by atoms with E-state index in [-0.39, 0.29) is 11.0 Å². The zero-order chi connectivity index (χ0) is 23.5. The summed E-state index contributed by atoms with van der Waals surface area (Å²) < 4.78 is 2.05. The summed E-state index contributed by atoms with van der Waals surface area (Å²) in [5, 5.41) is 20.9. The van der Waals surface area contributed by atoms with Crippen molar-refractivity contribution in [2.45, 2.75) is 57.9 Å². The van der Waals surface area contributed by atoms with Crippen molar-refractivity contribution in [3.8, 4) is 6.07 Å². The van der Waals surface area contributed by atoms with Crippen molar-refractivity contribution in [1.29, 1.82) is 5.26 Å². The first kappa shape index (κ1) is 23.3. The Labute approximate surface area is 195 Å². The Hall–Kier alpha value is -2.85. The number of rotatable bonds is 7. The van der Waals surface area contributed by atoms with Crippen LogP contribution in [0.2, 0.25) is 0 Å². The molecule has 33 heavy (non-hydrogen) atoms. The van der Waals surface area contributed by atoms with E-state index in [0.717, 1.165) is 61.8 Å². The highest BCUT2D eigenvalue weighted by atomic mass is 16.4. The van der Waals surface area contributed by atoms with Gasteiger partial charge >= 0.3 is 5.97 Å². The molecule has 0 amide bonds. The molecular weight excluding hydrogens is 416 g/mol. The van der Waals surface area contributed by atoms with E-state index in [9.17, 15) is 14.7 Å². The third-order valence-electron chi connectivity index (χ3n) is 7.16. The summed E-state index contributed by atoms with van der Waals surface area (Å²) >= 11 is 0. The fraction of sp³-hybridized carbons (Fsp3) is 0.577. The number of fused-ring (bicyclic) bond motifs is 1. The van der Waals surface area contributed by atoms with Gasteiger partial charge in [-0.25, -0.2) is 4.79 Å². The van der Waals surface area contributed by atoms with E-state index < -0.39 is 5.97 Å². The molecule has 1 aliphatic heterocycles. The van der Waals surface area contributed by atoms with Crippen LogP contribution in [0.4, 0.5) is 5.69 Å². The fourth-order valence-electron chi connectivity index (χ4n) is 5.05. The Morgan fingerprint density at radius 3 is 2.58 bits per heavy atom. The average Bonchev–Trinajstić information content (AvgIpc) is 3.74. The zero-order valence-corrected chi connectivity index (χ0v) is 19.6. The number of carboxylic acids is 1. The minimum atomic E-state index is -1.14. The predicted molar refractivity (Wildman–Crippen MR) is 130 cm³/mol. The molecule has 2 N–H and O–H groups in total. The van der Waals surface area contributed by atoms with Crippen LogP contribution in [0.15, 0.2) is 23.1 Å². The van der Waals surface area contributed by atoms with Crippen molar-refractivity contribution in [2.24, 2.45) is 11.8 Å². The second-order valence-electron chi connectivity index (χ2n) is 9.62. The van der Waals surface area contributed by atoms with Crippen LogP contribution in [-0.2, 0) is 0 Å². The van der Waals surface area contributed by atoms with E-state index in [0.29, 0.717) is 17.8 Å². The number of hydrogen-bond donors (Lipinski definition) is 2.